The van der Waals surface area contributed by atoms with Crippen LogP contribution in [0, 0.1) is 5.82 Å². The highest BCUT2D eigenvalue weighted by atomic mass is 19.1. The van der Waals surface area contributed by atoms with E-state index >= 15 is 0 Å². The Hall–Kier alpha value is -2.95. The van der Waals surface area contributed by atoms with E-state index in [0.717, 1.165) is 11.3 Å². The summed E-state index contributed by atoms with van der Waals surface area (Å²) < 4.78 is 13.4. The van der Waals surface area contributed by atoms with Crippen LogP contribution in [-0.4, -0.2) is 16.1 Å². The van der Waals surface area contributed by atoms with Gasteiger partial charge in [-0.25, -0.2) is 4.39 Å². The van der Waals surface area contributed by atoms with Crippen molar-refractivity contribution in [2.45, 2.75) is 39.5 Å². The van der Waals surface area contributed by atoms with Gasteiger partial charge in [-0.05, 0) is 35.6 Å². The SMILES string of the molecule is CCc1[nH]nc(-c2ccc(C(C)(C)C)cc2)c1NC(=O)c1cccc(F)c1. The van der Waals surface area contributed by atoms with Crippen LogP contribution in [0.15, 0.2) is 48.5 Å². The lowest BCUT2D eigenvalue weighted by Gasteiger charge is -2.19. The molecule has 1 amide bonds. The van der Waals surface area contributed by atoms with Crippen molar-refractivity contribution in [1.82, 2.24) is 10.2 Å². The Morgan fingerprint density at radius 2 is 1.85 bits per heavy atom. The lowest BCUT2D eigenvalue weighted by atomic mass is 9.86. The van der Waals surface area contributed by atoms with E-state index in [0.29, 0.717) is 17.8 Å². The maximum atomic E-state index is 13.4. The second-order valence-electron chi connectivity index (χ2n) is 7.57. The molecule has 2 aromatic carbocycles. The number of amides is 1. The number of benzene rings is 2. The monoisotopic (exact) mass is 365 g/mol. The zero-order valence-electron chi connectivity index (χ0n) is 16.1. The summed E-state index contributed by atoms with van der Waals surface area (Å²) in [6.45, 7) is 8.47. The quantitative estimate of drug-likeness (QED) is 0.657. The summed E-state index contributed by atoms with van der Waals surface area (Å²) in [6.07, 6.45) is 0.686. The molecule has 0 aliphatic rings. The van der Waals surface area contributed by atoms with Gasteiger partial charge in [-0.1, -0.05) is 58.0 Å². The molecule has 0 fully saturated rings. The third-order valence-electron chi connectivity index (χ3n) is 4.54. The Bertz CT molecular complexity index is 952. The molecule has 1 aromatic heterocycles. The number of hydrogen-bond acceptors (Lipinski definition) is 2. The van der Waals surface area contributed by atoms with Gasteiger partial charge in [0.2, 0.25) is 0 Å². The molecule has 0 saturated heterocycles. The number of aromatic nitrogens is 2. The van der Waals surface area contributed by atoms with Crippen molar-refractivity contribution in [2.24, 2.45) is 0 Å². The lowest BCUT2D eigenvalue weighted by molar-refractivity contribution is 0.102. The molecule has 0 aliphatic carbocycles. The predicted octanol–water partition coefficient (Wildman–Crippen LogP) is 5.33. The van der Waals surface area contributed by atoms with Crippen LogP contribution in [0.25, 0.3) is 11.3 Å². The fourth-order valence-electron chi connectivity index (χ4n) is 2.92. The maximum Gasteiger partial charge on any atom is 0.255 e. The number of halogens is 1. The van der Waals surface area contributed by atoms with Gasteiger partial charge in [0, 0.05) is 11.1 Å². The van der Waals surface area contributed by atoms with Gasteiger partial charge in [0.15, 0.2) is 0 Å². The Labute approximate surface area is 158 Å². The number of nitrogens with one attached hydrogen (secondary N) is 2. The first-order chi connectivity index (χ1) is 12.8. The first kappa shape index (κ1) is 18.8. The summed E-state index contributed by atoms with van der Waals surface area (Å²) in [6, 6.07) is 13.8. The van der Waals surface area contributed by atoms with E-state index < -0.39 is 5.82 Å². The minimum Gasteiger partial charge on any atom is -0.319 e. The minimum absolute atomic E-state index is 0.0626. The number of carbonyl (C=O) groups is 1. The van der Waals surface area contributed by atoms with Gasteiger partial charge in [-0.2, -0.15) is 5.10 Å². The molecule has 0 radical (unpaired) electrons. The third kappa shape index (κ3) is 4.08. The smallest absolute Gasteiger partial charge is 0.255 e. The number of aromatic amines is 1. The van der Waals surface area contributed by atoms with Gasteiger partial charge in [0.05, 0.1) is 11.4 Å². The topological polar surface area (TPSA) is 57.8 Å². The average molecular weight is 365 g/mol. The number of H-pyrrole nitrogens is 1. The van der Waals surface area contributed by atoms with Crippen molar-refractivity contribution in [1.29, 1.82) is 0 Å². The van der Waals surface area contributed by atoms with Gasteiger partial charge in [0.25, 0.3) is 5.91 Å². The number of aryl methyl sites for hydroxylation is 1. The van der Waals surface area contributed by atoms with E-state index in [2.05, 4.69) is 48.4 Å². The number of nitrogens with zero attached hydrogens (tertiary/aromatic N) is 1. The highest BCUT2D eigenvalue weighted by Crippen LogP contribution is 2.31. The molecular formula is C22H24FN3O. The third-order valence-corrected chi connectivity index (χ3v) is 4.54. The van der Waals surface area contributed by atoms with Crippen LogP contribution in [0.4, 0.5) is 10.1 Å². The molecular weight excluding hydrogens is 341 g/mol. The zero-order chi connectivity index (χ0) is 19.6. The molecule has 0 unspecified atom stereocenters. The first-order valence-electron chi connectivity index (χ1n) is 9.04. The van der Waals surface area contributed by atoms with E-state index in [1.54, 1.807) is 6.07 Å². The molecule has 5 heteroatoms. The van der Waals surface area contributed by atoms with Crippen molar-refractivity contribution in [3.05, 3.63) is 71.2 Å². The highest BCUT2D eigenvalue weighted by molar-refractivity contribution is 6.06. The van der Waals surface area contributed by atoms with Crippen LogP contribution in [0.1, 0.15) is 49.3 Å². The summed E-state index contributed by atoms with van der Waals surface area (Å²) in [5.41, 5.74) is 4.61. The zero-order valence-corrected chi connectivity index (χ0v) is 16.1. The number of carbonyl (C=O) groups excluding carboxylic acids is 1. The second kappa shape index (κ2) is 7.35. The summed E-state index contributed by atoms with van der Waals surface area (Å²) in [4.78, 5) is 12.6. The normalized spacial score (nSPS) is 11.4. The Morgan fingerprint density at radius 3 is 2.44 bits per heavy atom. The fraction of sp³-hybridized carbons (Fsp3) is 0.273. The molecule has 1 heterocycles. The predicted molar refractivity (Wildman–Crippen MR) is 106 cm³/mol. The molecule has 140 valence electrons. The molecule has 0 aliphatic heterocycles. The summed E-state index contributed by atoms with van der Waals surface area (Å²) in [5.74, 6) is -0.804. The highest BCUT2D eigenvalue weighted by Gasteiger charge is 2.19. The van der Waals surface area contributed by atoms with E-state index in [9.17, 15) is 9.18 Å². The molecule has 0 bridgehead atoms. The standard InChI is InChI=1S/C22H24FN3O/c1-5-18-20(24-21(27)15-7-6-8-17(23)13-15)19(26-25-18)14-9-11-16(12-10-14)22(2,3)4/h6-13H,5H2,1-4H3,(H,24,27)(H,25,26). The molecule has 3 aromatic rings. The van der Waals surface area contributed by atoms with E-state index in [1.807, 2.05) is 19.1 Å². The maximum absolute atomic E-state index is 13.4. The molecule has 3 rings (SSSR count). The second-order valence-corrected chi connectivity index (χ2v) is 7.57. The van der Waals surface area contributed by atoms with Crippen molar-refractivity contribution in [3.8, 4) is 11.3 Å². The molecule has 0 saturated carbocycles. The molecule has 27 heavy (non-hydrogen) atoms. The molecule has 4 nitrogen and oxygen atoms in total. The van der Waals surface area contributed by atoms with Crippen LogP contribution in [-0.2, 0) is 11.8 Å². The summed E-state index contributed by atoms with van der Waals surface area (Å²) in [7, 11) is 0. The van der Waals surface area contributed by atoms with Crippen LogP contribution in [0.5, 0.6) is 0 Å². The van der Waals surface area contributed by atoms with Crippen LogP contribution in [0.2, 0.25) is 0 Å². The van der Waals surface area contributed by atoms with Gasteiger partial charge in [-0.3, -0.25) is 9.89 Å². The van der Waals surface area contributed by atoms with Crippen LogP contribution in [0.3, 0.4) is 0 Å². The average Bonchev–Trinajstić information content (AvgIpc) is 3.03. The van der Waals surface area contributed by atoms with E-state index in [1.165, 1.54) is 23.8 Å². The van der Waals surface area contributed by atoms with Crippen LogP contribution >= 0.6 is 0 Å². The van der Waals surface area contributed by atoms with Crippen LogP contribution < -0.4 is 5.32 Å². The molecule has 2 N–H and O–H groups in total. The number of anilines is 1. The Morgan fingerprint density at radius 1 is 1.15 bits per heavy atom. The van der Waals surface area contributed by atoms with Crippen molar-refractivity contribution < 1.29 is 9.18 Å². The number of hydrogen-bond donors (Lipinski definition) is 2. The van der Waals surface area contributed by atoms with Crippen molar-refractivity contribution in [2.75, 3.05) is 5.32 Å². The minimum atomic E-state index is -0.441. The summed E-state index contributed by atoms with van der Waals surface area (Å²) >= 11 is 0. The van der Waals surface area contributed by atoms with Gasteiger partial charge in [-0.15, -0.1) is 0 Å². The van der Waals surface area contributed by atoms with Crippen molar-refractivity contribution >= 4 is 11.6 Å². The fourth-order valence-corrected chi connectivity index (χ4v) is 2.92. The van der Waals surface area contributed by atoms with Gasteiger partial charge >= 0.3 is 0 Å². The van der Waals surface area contributed by atoms with Crippen molar-refractivity contribution in [3.63, 3.8) is 0 Å². The number of rotatable bonds is 4. The Kier molecular flexibility index (Phi) is 5.13. The molecule has 0 atom stereocenters. The largest absolute Gasteiger partial charge is 0.319 e. The Balaban J connectivity index is 1.94. The molecule has 0 spiro atoms. The van der Waals surface area contributed by atoms with E-state index in [-0.39, 0.29) is 16.9 Å². The summed E-state index contributed by atoms with van der Waals surface area (Å²) in [5, 5.41) is 10.3. The van der Waals surface area contributed by atoms with Gasteiger partial charge < -0.3 is 5.32 Å². The lowest BCUT2D eigenvalue weighted by Crippen LogP contribution is -2.13. The van der Waals surface area contributed by atoms with Gasteiger partial charge in [0.1, 0.15) is 11.5 Å². The first-order valence-corrected chi connectivity index (χ1v) is 9.04. The van der Waals surface area contributed by atoms with E-state index in [4.69, 9.17) is 0 Å².